The van der Waals surface area contributed by atoms with Crippen LogP contribution in [0, 0.1) is 5.82 Å². The van der Waals surface area contributed by atoms with Crippen molar-refractivity contribution in [3.8, 4) is 11.3 Å². The van der Waals surface area contributed by atoms with Crippen molar-refractivity contribution in [2.75, 3.05) is 0 Å². The third-order valence-corrected chi connectivity index (χ3v) is 2.08. The summed E-state index contributed by atoms with van der Waals surface area (Å²) in [5.74, 6) is -0.343. The first-order valence-electron chi connectivity index (χ1n) is 4.34. The maximum Gasteiger partial charge on any atom is 0.492 e. The van der Waals surface area contributed by atoms with Crippen LogP contribution in [0.3, 0.4) is 0 Å². The van der Waals surface area contributed by atoms with Gasteiger partial charge in [-0.1, -0.05) is 0 Å². The Kier molecular flexibility index (Phi) is 2.53. The van der Waals surface area contributed by atoms with Crippen LogP contribution >= 0.6 is 0 Å². The number of hydrogen-bond acceptors (Lipinski definition) is 3. The Bertz CT molecular complexity index is 455. The smallest absolute Gasteiger partial charge is 0.423 e. The van der Waals surface area contributed by atoms with E-state index in [0.29, 0.717) is 11.3 Å². The monoisotopic (exact) mass is 206 g/mol. The molecule has 0 unspecified atom stereocenters. The highest BCUT2D eigenvalue weighted by atomic mass is 19.1. The van der Waals surface area contributed by atoms with Crippen molar-refractivity contribution in [1.29, 1.82) is 0 Å². The van der Waals surface area contributed by atoms with Crippen molar-refractivity contribution in [2.45, 2.75) is 0 Å². The number of benzene rings is 1. The second-order valence-electron chi connectivity index (χ2n) is 3.08. The molecule has 0 bridgehead atoms. The summed E-state index contributed by atoms with van der Waals surface area (Å²) in [7, 11) is -1.59. The van der Waals surface area contributed by atoms with Crippen LogP contribution in [0.25, 0.3) is 11.3 Å². The van der Waals surface area contributed by atoms with Gasteiger partial charge in [0.05, 0.1) is 5.69 Å². The van der Waals surface area contributed by atoms with Crippen molar-refractivity contribution in [2.24, 2.45) is 0 Å². The lowest BCUT2D eigenvalue weighted by atomic mass is 9.79. The molecule has 0 saturated heterocycles. The topological polar surface area (TPSA) is 69.1 Å². The van der Waals surface area contributed by atoms with E-state index in [0.717, 1.165) is 0 Å². The molecule has 76 valence electrons. The van der Waals surface area contributed by atoms with Crippen LogP contribution < -0.4 is 5.46 Å². The Morgan fingerprint density at radius 1 is 1.20 bits per heavy atom. The molecule has 0 fully saturated rings. The van der Waals surface area contributed by atoms with E-state index in [1.807, 2.05) is 0 Å². The van der Waals surface area contributed by atoms with Crippen LogP contribution in [0.1, 0.15) is 0 Å². The highest BCUT2D eigenvalue weighted by Gasteiger charge is 2.18. The minimum atomic E-state index is -1.59. The van der Waals surface area contributed by atoms with E-state index in [1.165, 1.54) is 30.5 Å². The first-order valence-corrected chi connectivity index (χ1v) is 4.34. The highest BCUT2D eigenvalue weighted by Crippen LogP contribution is 2.14. The van der Waals surface area contributed by atoms with Crippen molar-refractivity contribution < 1.29 is 14.4 Å². The van der Waals surface area contributed by atoms with Crippen LogP contribution in [0.15, 0.2) is 30.5 Å². The van der Waals surface area contributed by atoms with Gasteiger partial charge in [0.15, 0.2) is 0 Å². The van der Waals surface area contributed by atoms with Crippen LogP contribution in [0.2, 0.25) is 0 Å². The van der Waals surface area contributed by atoms with E-state index in [-0.39, 0.29) is 11.3 Å². The Morgan fingerprint density at radius 2 is 1.87 bits per heavy atom. The van der Waals surface area contributed by atoms with Crippen molar-refractivity contribution in [3.05, 3.63) is 36.3 Å². The predicted molar refractivity (Wildman–Crippen MR) is 53.8 cm³/mol. The Hall–Kier alpha value is -1.66. The van der Waals surface area contributed by atoms with Crippen molar-refractivity contribution >= 4 is 12.6 Å². The average Bonchev–Trinajstić information content (AvgIpc) is 2.67. The van der Waals surface area contributed by atoms with Gasteiger partial charge in [-0.25, -0.2) is 4.39 Å². The largest absolute Gasteiger partial charge is 0.492 e. The van der Waals surface area contributed by atoms with E-state index in [4.69, 9.17) is 10.0 Å². The van der Waals surface area contributed by atoms with Gasteiger partial charge in [-0.2, -0.15) is 5.10 Å². The SMILES string of the molecule is OB(O)c1cn[nH]c1-c1ccc(F)cc1. The molecule has 0 aliphatic rings. The molecule has 0 radical (unpaired) electrons. The maximum atomic E-state index is 12.7. The fourth-order valence-electron chi connectivity index (χ4n) is 1.34. The lowest BCUT2D eigenvalue weighted by Crippen LogP contribution is -2.30. The fraction of sp³-hybridized carbons (Fsp3) is 0. The molecule has 6 heteroatoms. The van der Waals surface area contributed by atoms with Crippen molar-refractivity contribution in [1.82, 2.24) is 10.2 Å². The van der Waals surface area contributed by atoms with Gasteiger partial charge in [-0.3, -0.25) is 5.10 Å². The number of nitrogens with zero attached hydrogens (tertiary/aromatic N) is 1. The number of halogens is 1. The summed E-state index contributed by atoms with van der Waals surface area (Å²) in [6.45, 7) is 0. The molecule has 1 aromatic carbocycles. The highest BCUT2D eigenvalue weighted by molar-refractivity contribution is 6.60. The Balaban J connectivity index is 2.45. The third-order valence-electron chi connectivity index (χ3n) is 2.08. The molecule has 2 rings (SSSR count). The molecule has 1 heterocycles. The van der Waals surface area contributed by atoms with Crippen LogP contribution in [0.5, 0.6) is 0 Å². The maximum absolute atomic E-state index is 12.7. The summed E-state index contributed by atoms with van der Waals surface area (Å²) in [6, 6.07) is 5.66. The van der Waals surface area contributed by atoms with Gasteiger partial charge in [0, 0.05) is 11.7 Å². The summed E-state index contributed by atoms with van der Waals surface area (Å²) < 4.78 is 12.7. The zero-order valence-electron chi connectivity index (χ0n) is 7.68. The van der Waals surface area contributed by atoms with Gasteiger partial charge < -0.3 is 10.0 Å². The third kappa shape index (κ3) is 1.90. The van der Waals surface area contributed by atoms with E-state index >= 15 is 0 Å². The summed E-state index contributed by atoms with van der Waals surface area (Å²) in [5.41, 5.74) is 1.39. The molecule has 0 spiro atoms. The number of aromatic amines is 1. The average molecular weight is 206 g/mol. The number of H-pyrrole nitrogens is 1. The summed E-state index contributed by atoms with van der Waals surface area (Å²) >= 11 is 0. The first kappa shape index (κ1) is 9.88. The van der Waals surface area contributed by atoms with Gasteiger partial charge in [0.1, 0.15) is 5.82 Å². The molecule has 2 aromatic rings. The molecule has 4 nitrogen and oxygen atoms in total. The second kappa shape index (κ2) is 3.84. The van der Waals surface area contributed by atoms with Crippen LogP contribution in [-0.2, 0) is 0 Å². The first-order chi connectivity index (χ1) is 7.18. The van der Waals surface area contributed by atoms with Crippen LogP contribution in [0.4, 0.5) is 4.39 Å². The van der Waals surface area contributed by atoms with Gasteiger partial charge in [-0.05, 0) is 29.8 Å². The molecule has 15 heavy (non-hydrogen) atoms. The Labute approximate surface area is 85.5 Å². The molecule has 0 amide bonds. The molecule has 3 N–H and O–H groups in total. The standard InChI is InChI=1S/C9H8BFN2O2/c11-7-3-1-6(2-4-7)9-8(10(14)15)5-12-13-9/h1-5,14-15H,(H,12,13). The van der Waals surface area contributed by atoms with E-state index in [1.54, 1.807) is 0 Å². The number of rotatable bonds is 2. The molecule has 0 aliphatic carbocycles. The number of hydrogen-bond donors (Lipinski definition) is 3. The minimum absolute atomic E-state index is 0.265. The molecule has 1 aromatic heterocycles. The molecular weight excluding hydrogens is 198 g/mol. The van der Waals surface area contributed by atoms with Gasteiger partial charge in [0.25, 0.3) is 0 Å². The predicted octanol–water partition coefficient (Wildman–Crippen LogP) is -0.104. The lowest BCUT2D eigenvalue weighted by Gasteiger charge is -2.01. The number of nitrogens with one attached hydrogen (secondary N) is 1. The van der Waals surface area contributed by atoms with E-state index in [9.17, 15) is 4.39 Å². The Morgan fingerprint density at radius 3 is 2.47 bits per heavy atom. The van der Waals surface area contributed by atoms with Crippen LogP contribution in [-0.4, -0.2) is 27.4 Å². The quantitative estimate of drug-likeness (QED) is 0.600. The summed E-state index contributed by atoms with van der Waals surface area (Å²) in [4.78, 5) is 0. The van der Waals surface area contributed by atoms with Gasteiger partial charge in [-0.15, -0.1) is 0 Å². The summed E-state index contributed by atoms with van der Waals surface area (Å²) in [5, 5.41) is 24.4. The molecule has 0 aliphatic heterocycles. The van der Waals surface area contributed by atoms with Crippen molar-refractivity contribution in [3.63, 3.8) is 0 Å². The second-order valence-corrected chi connectivity index (χ2v) is 3.08. The summed E-state index contributed by atoms with van der Waals surface area (Å²) in [6.07, 6.45) is 1.32. The zero-order chi connectivity index (χ0) is 10.8. The minimum Gasteiger partial charge on any atom is -0.423 e. The number of aromatic nitrogens is 2. The van der Waals surface area contributed by atoms with Gasteiger partial charge >= 0.3 is 7.12 Å². The van der Waals surface area contributed by atoms with E-state index in [2.05, 4.69) is 10.2 Å². The molecule has 0 saturated carbocycles. The van der Waals surface area contributed by atoms with E-state index < -0.39 is 7.12 Å². The van der Waals surface area contributed by atoms with Gasteiger partial charge in [0.2, 0.25) is 0 Å². The zero-order valence-corrected chi connectivity index (χ0v) is 7.68. The fourth-order valence-corrected chi connectivity index (χ4v) is 1.34. The molecule has 0 atom stereocenters. The molecular formula is C9H8BFN2O2. The lowest BCUT2D eigenvalue weighted by molar-refractivity contribution is 0.426. The normalized spacial score (nSPS) is 10.3.